The van der Waals surface area contributed by atoms with Crippen LogP contribution < -0.4 is 0 Å². The second-order valence-electron chi connectivity index (χ2n) is 10.1. The number of allylic oxidation sites excluding steroid dienone is 2. The molecule has 0 amide bonds. The van der Waals surface area contributed by atoms with Gasteiger partial charge in [0.25, 0.3) is 0 Å². The highest BCUT2D eigenvalue weighted by molar-refractivity contribution is 5.96. The third-order valence-electron chi connectivity index (χ3n) is 9.40. The van der Waals surface area contributed by atoms with Gasteiger partial charge in [-0.1, -0.05) is 37.1 Å². The summed E-state index contributed by atoms with van der Waals surface area (Å²) >= 11 is 0. The van der Waals surface area contributed by atoms with Crippen LogP contribution in [0, 0.1) is 35.0 Å². The average molecular weight is 386 g/mol. The van der Waals surface area contributed by atoms with Gasteiger partial charge in [0.05, 0.1) is 11.3 Å². The summed E-state index contributed by atoms with van der Waals surface area (Å²) in [6, 6.07) is 0. The van der Waals surface area contributed by atoms with Gasteiger partial charge in [0.2, 0.25) is 0 Å². The first-order valence-electron chi connectivity index (χ1n) is 11.4. The van der Waals surface area contributed by atoms with E-state index >= 15 is 0 Å². The highest BCUT2D eigenvalue weighted by Crippen LogP contribution is 2.68. The zero-order valence-corrected chi connectivity index (χ0v) is 17.6. The van der Waals surface area contributed by atoms with Crippen molar-refractivity contribution in [1.29, 1.82) is 0 Å². The van der Waals surface area contributed by atoms with Crippen LogP contribution in [-0.4, -0.2) is 29.9 Å². The van der Waals surface area contributed by atoms with Crippen LogP contribution in [0.4, 0.5) is 0 Å². The van der Waals surface area contributed by atoms with E-state index in [4.69, 9.17) is 9.47 Å². The summed E-state index contributed by atoms with van der Waals surface area (Å²) in [5, 5.41) is 12.8. The molecule has 1 aliphatic heterocycles. The lowest BCUT2D eigenvalue weighted by Gasteiger charge is -2.58. The van der Waals surface area contributed by atoms with Gasteiger partial charge in [-0.25, -0.2) is 0 Å². The van der Waals surface area contributed by atoms with E-state index in [1.807, 2.05) is 0 Å². The topological polar surface area (TPSA) is 51.1 Å². The Bertz CT molecular complexity index is 727. The molecule has 4 heteroatoms. The third-order valence-corrected chi connectivity index (χ3v) is 9.40. The largest absolute Gasteiger partial charge is 0.411 e. The van der Waals surface area contributed by atoms with E-state index < -0.39 is 0 Å². The van der Waals surface area contributed by atoms with Crippen molar-refractivity contribution in [2.75, 3.05) is 7.11 Å². The molecule has 3 saturated carbocycles. The number of oxime groups is 1. The van der Waals surface area contributed by atoms with E-state index in [1.165, 1.54) is 38.5 Å². The molecule has 3 fully saturated rings. The number of rotatable bonds is 2. The van der Waals surface area contributed by atoms with Crippen LogP contribution in [0.25, 0.3) is 0 Å². The smallest absolute Gasteiger partial charge is 0.177 e. The lowest BCUT2D eigenvalue weighted by Crippen LogP contribution is -2.54. The Hall–Kier alpha value is -1.13. The molecule has 4 nitrogen and oxygen atoms in total. The summed E-state index contributed by atoms with van der Waals surface area (Å²) in [7, 11) is 1.74. The normalized spacial score (nSPS) is 51.1. The van der Waals surface area contributed by atoms with Gasteiger partial charge in [-0.3, -0.25) is 0 Å². The van der Waals surface area contributed by atoms with E-state index in [1.54, 1.807) is 12.7 Å². The van der Waals surface area contributed by atoms with Gasteiger partial charge in [-0.05, 0) is 86.7 Å². The number of ether oxygens (including phenoxy) is 2. The Morgan fingerprint density at radius 3 is 2.86 bits per heavy atom. The summed E-state index contributed by atoms with van der Waals surface area (Å²) in [5.41, 5.74) is 2.55. The van der Waals surface area contributed by atoms with E-state index in [9.17, 15) is 5.21 Å². The van der Waals surface area contributed by atoms with E-state index in [0.717, 1.165) is 42.2 Å². The third kappa shape index (κ3) is 2.46. The Kier molecular flexibility index (Phi) is 4.52. The van der Waals surface area contributed by atoms with Crippen LogP contribution >= 0.6 is 0 Å². The summed E-state index contributed by atoms with van der Waals surface area (Å²) < 4.78 is 12.0. The average Bonchev–Trinajstić information content (AvgIpc) is 3.28. The van der Waals surface area contributed by atoms with Crippen molar-refractivity contribution in [2.45, 2.75) is 77.1 Å². The second kappa shape index (κ2) is 6.70. The van der Waals surface area contributed by atoms with Crippen molar-refractivity contribution in [3.8, 4) is 0 Å². The van der Waals surface area contributed by atoms with Crippen molar-refractivity contribution in [2.24, 2.45) is 40.2 Å². The molecule has 0 aromatic rings. The maximum atomic E-state index is 9.27. The van der Waals surface area contributed by atoms with Gasteiger partial charge in [-0.2, -0.15) is 0 Å². The molecular weight excluding hydrogens is 350 g/mol. The predicted molar refractivity (Wildman–Crippen MR) is 109 cm³/mol. The van der Waals surface area contributed by atoms with Crippen molar-refractivity contribution in [3.05, 3.63) is 23.8 Å². The minimum Gasteiger partial charge on any atom is -0.411 e. The Morgan fingerprint density at radius 2 is 2.14 bits per heavy atom. The molecule has 0 aromatic heterocycles. The molecule has 0 bridgehead atoms. The molecule has 0 radical (unpaired) electrons. The van der Waals surface area contributed by atoms with Gasteiger partial charge in [0.15, 0.2) is 6.29 Å². The number of hydrogen-bond donors (Lipinski definition) is 1. The number of hydrogen-bond acceptors (Lipinski definition) is 4. The summed E-state index contributed by atoms with van der Waals surface area (Å²) in [5.74, 6) is 3.78. The van der Waals surface area contributed by atoms with E-state index in [0.29, 0.717) is 5.92 Å². The molecule has 5 rings (SSSR count). The summed E-state index contributed by atoms with van der Waals surface area (Å²) in [4.78, 5) is 0. The molecule has 154 valence electrons. The molecule has 0 aromatic carbocycles. The Balaban J connectivity index is 1.48. The van der Waals surface area contributed by atoms with Gasteiger partial charge in [-0.15, -0.1) is 0 Å². The number of nitrogens with zero attached hydrogens (tertiary/aromatic N) is 1. The molecule has 28 heavy (non-hydrogen) atoms. The van der Waals surface area contributed by atoms with Crippen LogP contribution in [0.3, 0.4) is 0 Å². The molecule has 1 heterocycles. The molecule has 1 N–H and O–H groups in total. The highest BCUT2D eigenvalue weighted by Gasteiger charge is 2.65. The molecule has 1 spiro atoms. The molecule has 4 aliphatic carbocycles. The maximum absolute atomic E-state index is 9.27. The molecule has 8 atom stereocenters. The van der Waals surface area contributed by atoms with Gasteiger partial charge in [0.1, 0.15) is 0 Å². The lowest BCUT2D eigenvalue weighted by molar-refractivity contribution is -0.193. The SMILES string of the molecule is CC[C@@H]1CC2=C/C(=N/O)CC[C@@H]2C2CC[C@@]3(C)C(CC[C@@]34C=CC(OC)O4)C21. The zero-order valence-electron chi connectivity index (χ0n) is 17.6. The number of methoxy groups -OCH3 is 1. The van der Waals surface area contributed by atoms with Crippen LogP contribution in [0.2, 0.25) is 0 Å². The van der Waals surface area contributed by atoms with E-state index in [-0.39, 0.29) is 17.3 Å². The van der Waals surface area contributed by atoms with Crippen molar-refractivity contribution < 1.29 is 14.7 Å². The first kappa shape index (κ1) is 18.9. The standard InChI is InChI=1S/C24H35NO3/c1-4-15-13-16-14-17(25-26)5-6-18(16)19-7-10-23(2)20(22(15)19)8-11-24(23)12-9-21(27-3)28-24/h9,12,14-15,18-22,26H,4-8,10-11,13H2,1-3H3/b25-17+/t15-,18+,19?,20?,21?,22?,23+,24-/m1/s1. The summed E-state index contributed by atoms with van der Waals surface area (Å²) in [6.07, 6.45) is 16.0. The second-order valence-corrected chi connectivity index (χ2v) is 10.1. The highest BCUT2D eigenvalue weighted by atomic mass is 16.7. The van der Waals surface area contributed by atoms with Crippen molar-refractivity contribution >= 4 is 5.71 Å². The van der Waals surface area contributed by atoms with Crippen molar-refractivity contribution in [1.82, 2.24) is 0 Å². The van der Waals surface area contributed by atoms with Crippen LogP contribution in [-0.2, 0) is 9.47 Å². The van der Waals surface area contributed by atoms with Gasteiger partial charge in [0, 0.05) is 12.5 Å². The molecular formula is C24H35NO3. The molecule has 0 saturated heterocycles. The maximum Gasteiger partial charge on any atom is 0.177 e. The van der Waals surface area contributed by atoms with Gasteiger partial charge >= 0.3 is 0 Å². The Morgan fingerprint density at radius 1 is 1.29 bits per heavy atom. The Labute approximate surface area is 169 Å². The first-order valence-corrected chi connectivity index (χ1v) is 11.4. The van der Waals surface area contributed by atoms with Crippen LogP contribution in [0.1, 0.15) is 65.2 Å². The van der Waals surface area contributed by atoms with Gasteiger partial charge < -0.3 is 14.7 Å². The minimum absolute atomic E-state index is 0.124. The summed E-state index contributed by atoms with van der Waals surface area (Å²) in [6.45, 7) is 4.88. The zero-order chi connectivity index (χ0) is 19.5. The number of fused-ring (bicyclic) bond motifs is 6. The lowest BCUT2D eigenvalue weighted by atomic mass is 9.48. The van der Waals surface area contributed by atoms with Crippen molar-refractivity contribution in [3.63, 3.8) is 0 Å². The van der Waals surface area contributed by atoms with E-state index in [2.05, 4.69) is 37.2 Å². The fraction of sp³-hybridized carbons (Fsp3) is 0.792. The fourth-order valence-corrected chi connectivity index (χ4v) is 8.04. The molecule has 4 unspecified atom stereocenters. The minimum atomic E-state index is -0.175. The van der Waals surface area contributed by atoms with Crippen LogP contribution in [0.15, 0.2) is 29.0 Å². The molecule has 5 aliphatic rings. The van der Waals surface area contributed by atoms with Crippen LogP contribution in [0.5, 0.6) is 0 Å². The predicted octanol–water partition coefficient (Wildman–Crippen LogP) is 5.32. The fourth-order valence-electron chi connectivity index (χ4n) is 8.04. The quantitative estimate of drug-likeness (QED) is 0.397. The first-order chi connectivity index (χ1) is 13.5. The monoisotopic (exact) mass is 385 g/mol.